The standard InChI is InChI=1S/C17H12Cl2FN3O2/c1-9(21-16(24)11-4-7-13(18)14(19)8-11)17-22-15(23-25-17)10-2-5-12(20)6-3-10/h2-9H,1H3,(H,21,24). The first-order chi connectivity index (χ1) is 11.9. The van der Waals surface area contributed by atoms with Crippen molar-refractivity contribution in [1.29, 1.82) is 0 Å². The lowest BCUT2D eigenvalue weighted by Gasteiger charge is -2.10. The first kappa shape index (κ1) is 17.4. The number of nitrogens with zero attached hydrogens (tertiary/aromatic N) is 2. The Morgan fingerprint density at radius 2 is 1.88 bits per heavy atom. The lowest BCUT2D eigenvalue weighted by molar-refractivity contribution is 0.0932. The van der Waals surface area contributed by atoms with Crippen LogP contribution in [0.5, 0.6) is 0 Å². The van der Waals surface area contributed by atoms with Crippen molar-refractivity contribution in [2.45, 2.75) is 13.0 Å². The smallest absolute Gasteiger partial charge is 0.251 e. The molecule has 0 fully saturated rings. The van der Waals surface area contributed by atoms with Gasteiger partial charge in [0.25, 0.3) is 5.91 Å². The minimum atomic E-state index is -0.524. The van der Waals surface area contributed by atoms with Crippen LogP contribution in [0.15, 0.2) is 47.0 Å². The zero-order valence-electron chi connectivity index (χ0n) is 13.0. The SMILES string of the molecule is CC(NC(=O)c1ccc(Cl)c(Cl)c1)c1nc(-c2ccc(F)cc2)no1. The van der Waals surface area contributed by atoms with Crippen LogP contribution in [0, 0.1) is 5.82 Å². The van der Waals surface area contributed by atoms with E-state index in [-0.39, 0.29) is 17.6 Å². The monoisotopic (exact) mass is 379 g/mol. The summed E-state index contributed by atoms with van der Waals surface area (Å²) < 4.78 is 18.1. The number of rotatable bonds is 4. The third-order valence-electron chi connectivity index (χ3n) is 3.44. The fourth-order valence-electron chi connectivity index (χ4n) is 2.11. The number of hydrogen-bond acceptors (Lipinski definition) is 4. The van der Waals surface area contributed by atoms with Crippen molar-refractivity contribution < 1.29 is 13.7 Å². The number of halogens is 3. The normalized spacial score (nSPS) is 12.0. The summed E-state index contributed by atoms with van der Waals surface area (Å²) in [7, 11) is 0. The molecule has 0 radical (unpaired) electrons. The van der Waals surface area contributed by atoms with Crippen molar-refractivity contribution >= 4 is 29.1 Å². The van der Waals surface area contributed by atoms with Crippen molar-refractivity contribution in [2.75, 3.05) is 0 Å². The van der Waals surface area contributed by atoms with Gasteiger partial charge in [-0.1, -0.05) is 28.4 Å². The maximum Gasteiger partial charge on any atom is 0.251 e. The highest BCUT2D eigenvalue weighted by atomic mass is 35.5. The maximum absolute atomic E-state index is 13.0. The van der Waals surface area contributed by atoms with Gasteiger partial charge in [0.1, 0.15) is 11.9 Å². The molecule has 0 saturated carbocycles. The molecule has 1 unspecified atom stereocenters. The molecule has 1 N–H and O–H groups in total. The van der Waals surface area contributed by atoms with E-state index in [1.807, 2.05) is 0 Å². The molecule has 1 aromatic heterocycles. The van der Waals surface area contributed by atoms with Crippen LogP contribution in [0.25, 0.3) is 11.4 Å². The molecule has 25 heavy (non-hydrogen) atoms. The molecule has 1 heterocycles. The van der Waals surface area contributed by atoms with Crippen LogP contribution < -0.4 is 5.32 Å². The average Bonchev–Trinajstić information content (AvgIpc) is 3.08. The summed E-state index contributed by atoms with van der Waals surface area (Å²) in [5, 5.41) is 7.24. The average molecular weight is 380 g/mol. The number of nitrogens with one attached hydrogen (secondary N) is 1. The van der Waals surface area contributed by atoms with Gasteiger partial charge in [-0.3, -0.25) is 4.79 Å². The van der Waals surface area contributed by atoms with Gasteiger partial charge >= 0.3 is 0 Å². The van der Waals surface area contributed by atoms with Crippen LogP contribution in [0.2, 0.25) is 10.0 Å². The topological polar surface area (TPSA) is 68.0 Å². The summed E-state index contributed by atoms with van der Waals surface area (Å²) in [5.41, 5.74) is 0.971. The Kier molecular flexibility index (Phi) is 5.01. The zero-order chi connectivity index (χ0) is 18.0. The Morgan fingerprint density at radius 3 is 2.56 bits per heavy atom. The second-order valence-electron chi connectivity index (χ2n) is 5.29. The lowest BCUT2D eigenvalue weighted by atomic mass is 10.2. The van der Waals surface area contributed by atoms with Crippen molar-refractivity contribution in [3.63, 3.8) is 0 Å². The zero-order valence-corrected chi connectivity index (χ0v) is 14.5. The molecule has 0 aliphatic carbocycles. The highest BCUT2D eigenvalue weighted by molar-refractivity contribution is 6.42. The van der Waals surface area contributed by atoms with Crippen LogP contribution in [0.1, 0.15) is 29.2 Å². The fraction of sp³-hybridized carbons (Fsp3) is 0.118. The van der Waals surface area contributed by atoms with E-state index in [0.717, 1.165) is 0 Å². The number of carbonyl (C=O) groups is 1. The molecular weight excluding hydrogens is 368 g/mol. The first-order valence-electron chi connectivity index (χ1n) is 7.29. The Hall–Kier alpha value is -2.44. The largest absolute Gasteiger partial charge is 0.341 e. The predicted molar refractivity (Wildman–Crippen MR) is 92.0 cm³/mol. The predicted octanol–water partition coefficient (Wildman–Crippen LogP) is 4.67. The van der Waals surface area contributed by atoms with Crippen LogP contribution in [-0.2, 0) is 0 Å². The number of aromatic nitrogens is 2. The Morgan fingerprint density at radius 1 is 1.16 bits per heavy atom. The van der Waals surface area contributed by atoms with Gasteiger partial charge in [0, 0.05) is 11.1 Å². The molecule has 1 amide bonds. The summed E-state index contributed by atoms with van der Waals surface area (Å²) in [6, 6.07) is 9.76. The van der Waals surface area contributed by atoms with Crippen LogP contribution in [-0.4, -0.2) is 16.0 Å². The van der Waals surface area contributed by atoms with Crippen LogP contribution in [0.3, 0.4) is 0 Å². The number of hydrogen-bond donors (Lipinski definition) is 1. The first-order valence-corrected chi connectivity index (χ1v) is 8.05. The van der Waals surface area contributed by atoms with E-state index in [9.17, 15) is 9.18 Å². The van der Waals surface area contributed by atoms with Gasteiger partial charge in [-0.15, -0.1) is 0 Å². The third kappa shape index (κ3) is 3.97. The van der Waals surface area contributed by atoms with Gasteiger partial charge in [0.2, 0.25) is 11.7 Å². The van der Waals surface area contributed by atoms with Crippen molar-refractivity contribution in [1.82, 2.24) is 15.5 Å². The quantitative estimate of drug-likeness (QED) is 0.714. The van der Waals surface area contributed by atoms with E-state index >= 15 is 0 Å². The van der Waals surface area contributed by atoms with Crippen LogP contribution >= 0.6 is 23.2 Å². The Balaban J connectivity index is 1.73. The lowest BCUT2D eigenvalue weighted by Crippen LogP contribution is -2.26. The van der Waals surface area contributed by atoms with E-state index < -0.39 is 6.04 Å². The van der Waals surface area contributed by atoms with Crippen LogP contribution in [0.4, 0.5) is 4.39 Å². The molecule has 5 nitrogen and oxygen atoms in total. The maximum atomic E-state index is 13.0. The molecule has 0 aliphatic rings. The van der Waals surface area contributed by atoms with Gasteiger partial charge < -0.3 is 9.84 Å². The molecule has 0 spiro atoms. The van der Waals surface area contributed by atoms with E-state index in [1.54, 1.807) is 31.2 Å². The van der Waals surface area contributed by atoms with Crippen molar-refractivity contribution in [3.05, 3.63) is 69.8 Å². The second kappa shape index (κ2) is 7.21. The van der Waals surface area contributed by atoms with E-state index in [4.69, 9.17) is 27.7 Å². The third-order valence-corrected chi connectivity index (χ3v) is 4.18. The molecule has 3 rings (SSSR count). The number of carbonyl (C=O) groups excluding carboxylic acids is 1. The molecule has 1 atom stereocenters. The van der Waals surface area contributed by atoms with Gasteiger partial charge in [0.15, 0.2) is 0 Å². The van der Waals surface area contributed by atoms with Gasteiger partial charge in [-0.25, -0.2) is 4.39 Å². The Bertz CT molecular complexity index is 913. The molecule has 0 aliphatic heterocycles. The number of amides is 1. The molecule has 3 aromatic rings. The summed E-state index contributed by atoms with van der Waals surface area (Å²) >= 11 is 11.8. The highest BCUT2D eigenvalue weighted by Gasteiger charge is 2.18. The fourth-order valence-corrected chi connectivity index (χ4v) is 2.40. The molecule has 128 valence electrons. The van der Waals surface area contributed by atoms with Gasteiger partial charge in [0.05, 0.1) is 10.0 Å². The van der Waals surface area contributed by atoms with E-state index in [0.29, 0.717) is 27.0 Å². The second-order valence-corrected chi connectivity index (χ2v) is 6.10. The summed E-state index contributed by atoms with van der Waals surface area (Å²) in [6.45, 7) is 1.71. The summed E-state index contributed by atoms with van der Waals surface area (Å²) in [4.78, 5) is 16.5. The summed E-state index contributed by atoms with van der Waals surface area (Å²) in [6.07, 6.45) is 0. The summed E-state index contributed by atoms with van der Waals surface area (Å²) in [5.74, 6) is -0.166. The van der Waals surface area contributed by atoms with E-state index in [1.165, 1.54) is 18.2 Å². The van der Waals surface area contributed by atoms with Gasteiger partial charge in [-0.05, 0) is 49.4 Å². The Labute approximate surface area is 152 Å². The highest BCUT2D eigenvalue weighted by Crippen LogP contribution is 2.23. The molecule has 2 aromatic carbocycles. The van der Waals surface area contributed by atoms with Gasteiger partial charge in [-0.2, -0.15) is 4.98 Å². The molecule has 0 saturated heterocycles. The number of benzene rings is 2. The molecular formula is C17H12Cl2FN3O2. The van der Waals surface area contributed by atoms with Crippen molar-refractivity contribution in [2.24, 2.45) is 0 Å². The molecule has 8 heteroatoms. The minimum Gasteiger partial charge on any atom is -0.341 e. The van der Waals surface area contributed by atoms with E-state index in [2.05, 4.69) is 15.5 Å². The molecule has 0 bridgehead atoms. The van der Waals surface area contributed by atoms with Crippen molar-refractivity contribution in [3.8, 4) is 11.4 Å². The minimum absolute atomic E-state index is 0.229.